The van der Waals surface area contributed by atoms with Crippen LogP contribution >= 0.6 is 0 Å². The summed E-state index contributed by atoms with van der Waals surface area (Å²) in [7, 11) is 0. The fourth-order valence-electron chi connectivity index (χ4n) is 2.43. The molecule has 1 aromatic carbocycles. The van der Waals surface area contributed by atoms with Crippen LogP contribution in [-0.2, 0) is 20.8 Å². The van der Waals surface area contributed by atoms with E-state index in [0.717, 1.165) is 38.4 Å². The summed E-state index contributed by atoms with van der Waals surface area (Å²) in [4.78, 5) is 26.0. The van der Waals surface area contributed by atoms with Gasteiger partial charge in [-0.3, -0.25) is 9.69 Å². The average molecular weight is 334 g/mol. The number of ether oxygens (including phenoxy) is 2. The third-order valence-electron chi connectivity index (χ3n) is 3.55. The molecule has 132 valence electrons. The van der Waals surface area contributed by atoms with Crippen molar-refractivity contribution < 1.29 is 19.1 Å². The predicted molar refractivity (Wildman–Crippen MR) is 90.7 cm³/mol. The normalized spacial score (nSPS) is 15.8. The Bertz CT molecular complexity index is 557. The van der Waals surface area contributed by atoms with Crippen molar-refractivity contribution in [2.45, 2.75) is 32.9 Å². The summed E-state index contributed by atoms with van der Waals surface area (Å²) >= 11 is 0. The second kappa shape index (κ2) is 8.26. The van der Waals surface area contributed by atoms with Gasteiger partial charge in [-0.2, -0.15) is 0 Å². The first-order chi connectivity index (χ1) is 11.3. The molecular weight excluding hydrogens is 308 g/mol. The van der Waals surface area contributed by atoms with Crippen molar-refractivity contribution in [3.8, 4) is 0 Å². The molecule has 1 saturated heterocycles. The third-order valence-corrected chi connectivity index (χ3v) is 3.55. The van der Waals surface area contributed by atoms with Crippen LogP contribution in [0.25, 0.3) is 0 Å². The number of amides is 1. The Balaban J connectivity index is 1.81. The van der Waals surface area contributed by atoms with Gasteiger partial charge in [0, 0.05) is 25.2 Å². The number of nitrogens with zero attached hydrogens (tertiary/aromatic N) is 1. The number of rotatable bonds is 5. The monoisotopic (exact) mass is 334 g/mol. The van der Waals surface area contributed by atoms with Crippen LogP contribution in [0.5, 0.6) is 0 Å². The topological polar surface area (TPSA) is 67.9 Å². The minimum absolute atomic E-state index is 0.272. The molecule has 0 atom stereocenters. The van der Waals surface area contributed by atoms with E-state index in [0.29, 0.717) is 5.56 Å². The largest absolute Gasteiger partial charge is 0.452 e. The van der Waals surface area contributed by atoms with E-state index in [1.165, 1.54) is 0 Å². The SMILES string of the molecule is CC(C)(C)NC(=O)COC(=O)c1ccc(CN2CCOCC2)cc1. The molecule has 1 aromatic rings. The summed E-state index contributed by atoms with van der Waals surface area (Å²) in [6, 6.07) is 7.31. The molecule has 1 aliphatic heterocycles. The molecular formula is C18H26N2O4. The lowest BCUT2D eigenvalue weighted by Crippen LogP contribution is -2.42. The number of benzene rings is 1. The molecule has 6 heteroatoms. The van der Waals surface area contributed by atoms with Crippen molar-refractivity contribution >= 4 is 11.9 Å². The third kappa shape index (κ3) is 6.29. The minimum atomic E-state index is -0.489. The van der Waals surface area contributed by atoms with Gasteiger partial charge in [-0.1, -0.05) is 12.1 Å². The van der Waals surface area contributed by atoms with Crippen molar-refractivity contribution in [1.29, 1.82) is 0 Å². The van der Waals surface area contributed by atoms with Crippen LogP contribution in [0.4, 0.5) is 0 Å². The Morgan fingerprint density at radius 1 is 1.17 bits per heavy atom. The smallest absolute Gasteiger partial charge is 0.338 e. The number of hydrogen-bond donors (Lipinski definition) is 1. The van der Waals surface area contributed by atoms with E-state index in [-0.39, 0.29) is 18.1 Å². The fourth-order valence-corrected chi connectivity index (χ4v) is 2.43. The van der Waals surface area contributed by atoms with Gasteiger partial charge in [0.15, 0.2) is 6.61 Å². The highest BCUT2D eigenvalue weighted by molar-refractivity contribution is 5.91. The second-order valence-corrected chi connectivity index (χ2v) is 6.96. The van der Waals surface area contributed by atoms with Crippen LogP contribution in [0.15, 0.2) is 24.3 Å². The minimum Gasteiger partial charge on any atom is -0.452 e. The van der Waals surface area contributed by atoms with Crippen molar-refractivity contribution in [2.75, 3.05) is 32.9 Å². The molecule has 0 saturated carbocycles. The highest BCUT2D eigenvalue weighted by Gasteiger charge is 2.16. The molecule has 0 radical (unpaired) electrons. The maximum absolute atomic E-state index is 12.0. The average Bonchev–Trinajstić information content (AvgIpc) is 2.53. The van der Waals surface area contributed by atoms with Gasteiger partial charge in [-0.25, -0.2) is 4.79 Å². The second-order valence-electron chi connectivity index (χ2n) is 6.96. The standard InChI is InChI=1S/C18H26N2O4/c1-18(2,3)19-16(21)13-24-17(22)15-6-4-14(5-7-15)12-20-8-10-23-11-9-20/h4-7H,8-13H2,1-3H3,(H,19,21). The van der Waals surface area contributed by atoms with Gasteiger partial charge >= 0.3 is 5.97 Å². The van der Waals surface area contributed by atoms with Gasteiger partial charge in [0.2, 0.25) is 0 Å². The Morgan fingerprint density at radius 2 is 1.79 bits per heavy atom. The summed E-state index contributed by atoms with van der Waals surface area (Å²) in [5, 5.41) is 2.75. The van der Waals surface area contributed by atoms with E-state index in [2.05, 4.69) is 10.2 Å². The summed E-state index contributed by atoms with van der Waals surface area (Å²) < 4.78 is 10.4. The Hall–Kier alpha value is -1.92. The van der Waals surface area contributed by atoms with E-state index >= 15 is 0 Å². The molecule has 0 unspecified atom stereocenters. The fraction of sp³-hybridized carbons (Fsp3) is 0.556. The van der Waals surface area contributed by atoms with E-state index < -0.39 is 5.97 Å². The van der Waals surface area contributed by atoms with Crippen LogP contribution in [0.2, 0.25) is 0 Å². The van der Waals surface area contributed by atoms with E-state index in [9.17, 15) is 9.59 Å². The summed E-state index contributed by atoms with van der Waals surface area (Å²) in [6.07, 6.45) is 0. The van der Waals surface area contributed by atoms with Gasteiger partial charge in [0.05, 0.1) is 18.8 Å². The highest BCUT2D eigenvalue weighted by Crippen LogP contribution is 2.10. The van der Waals surface area contributed by atoms with E-state index in [4.69, 9.17) is 9.47 Å². The van der Waals surface area contributed by atoms with Gasteiger partial charge in [-0.05, 0) is 38.5 Å². The van der Waals surface area contributed by atoms with Gasteiger partial charge in [0.1, 0.15) is 0 Å². The first kappa shape index (κ1) is 18.4. The zero-order chi connectivity index (χ0) is 17.6. The summed E-state index contributed by atoms with van der Waals surface area (Å²) in [5.41, 5.74) is 1.24. The molecule has 0 aromatic heterocycles. The van der Waals surface area contributed by atoms with Crippen molar-refractivity contribution in [3.63, 3.8) is 0 Å². The Labute approximate surface area is 143 Å². The van der Waals surface area contributed by atoms with Crippen LogP contribution in [0, 0.1) is 0 Å². The van der Waals surface area contributed by atoms with Crippen LogP contribution < -0.4 is 5.32 Å². The lowest BCUT2D eigenvalue weighted by Gasteiger charge is -2.26. The number of esters is 1. The van der Waals surface area contributed by atoms with E-state index in [1.54, 1.807) is 12.1 Å². The summed E-state index contributed by atoms with van der Waals surface area (Å²) in [6.45, 7) is 9.57. The molecule has 24 heavy (non-hydrogen) atoms. The van der Waals surface area contributed by atoms with Crippen molar-refractivity contribution in [2.24, 2.45) is 0 Å². The Kier molecular flexibility index (Phi) is 6.34. The molecule has 0 spiro atoms. The molecule has 2 rings (SSSR count). The van der Waals surface area contributed by atoms with Crippen LogP contribution in [-0.4, -0.2) is 55.2 Å². The molecule has 1 fully saturated rings. The molecule has 1 heterocycles. The molecule has 6 nitrogen and oxygen atoms in total. The number of carbonyl (C=O) groups is 2. The molecule has 0 aliphatic carbocycles. The first-order valence-electron chi connectivity index (χ1n) is 8.21. The number of morpholine rings is 1. The van der Waals surface area contributed by atoms with Crippen LogP contribution in [0.1, 0.15) is 36.7 Å². The lowest BCUT2D eigenvalue weighted by atomic mass is 10.1. The molecule has 1 aliphatic rings. The maximum atomic E-state index is 12.0. The highest BCUT2D eigenvalue weighted by atomic mass is 16.5. The number of nitrogens with one attached hydrogen (secondary N) is 1. The summed E-state index contributed by atoms with van der Waals surface area (Å²) in [5.74, 6) is -0.795. The predicted octanol–water partition coefficient (Wildman–Crippen LogP) is 1.59. The zero-order valence-electron chi connectivity index (χ0n) is 14.6. The van der Waals surface area contributed by atoms with Gasteiger partial charge in [0.25, 0.3) is 5.91 Å². The maximum Gasteiger partial charge on any atom is 0.338 e. The van der Waals surface area contributed by atoms with Gasteiger partial charge in [-0.15, -0.1) is 0 Å². The first-order valence-corrected chi connectivity index (χ1v) is 8.21. The number of carbonyl (C=O) groups excluding carboxylic acids is 2. The quantitative estimate of drug-likeness (QED) is 0.828. The zero-order valence-corrected chi connectivity index (χ0v) is 14.6. The lowest BCUT2D eigenvalue weighted by molar-refractivity contribution is -0.125. The molecule has 1 amide bonds. The van der Waals surface area contributed by atoms with Crippen LogP contribution in [0.3, 0.4) is 0 Å². The van der Waals surface area contributed by atoms with Gasteiger partial charge < -0.3 is 14.8 Å². The molecule has 1 N–H and O–H groups in total. The molecule has 0 bridgehead atoms. The van der Waals surface area contributed by atoms with E-state index in [1.807, 2.05) is 32.9 Å². The number of hydrogen-bond acceptors (Lipinski definition) is 5. The van der Waals surface area contributed by atoms with Crippen molar-refractivity contribution in [3.05, 3.63) is 35.4 Å². The van der Waals surface area contributed by atoms with Crippen molar-refractivity contribution in [1.82, 2.24) is 10.2 Å². The Morgan fingerprint density at radius 3 is 2.38 bits per heavy atom.